The highest BCUT2D eigenvalue weighted by Crippen LogP contribution is 2.24. The van der Waals surface area contributed by atoms with E-state index >= 15 is 0 Å². The summed E-state index contributed by atoms with van der Waals surface area (Å²) in [6.07, 6.45) is 32.5. The van der Waals surface area contributed by atoms with Crippen LogP contribution in [0, 0.1) is 5.41 Å². The number of hydrogen-bond acceptors (Lipinski definition) is 3. The maximum Gasteiger partial charge on any atom is 0.220 e. The SMILES string of the molecule is C[C@H](CO)NC(=O)CCC/C=C\C/C=C\C/C=C\C/C=C\C(C)(C)CCCC[NH+]1C=CN=C1. The molecule has 0 aromatic rings. The monoisotopic (exact) mass is 456 g/mol. The number of unbranched alkanes of at least 4 members (excludes halogenated alkanes) is 2. The van der Waals surface area contributed by atoms with E-state index in [1.807, 2.05) is 12.5 Å². The molecule has 0 aromatic heterocycles. The molecule has 0 bridgehead atoms. The van der Waals surface area contributed by atoms with Crippen molar-refractivity contribution >= 4 is 12.2 Å². The van der Waals surface area contributed by atoms with E-state index in [9.17, 15) is 4.79 Å². The van der Waals surface area contributed by atoms with Crippen molar-refractivity contribution in [2.24, 2.45) is 10.4 Å². The van der Waals surface area contributed by atoms with Crippen molar-refractivity contribution in [3.05, 3.63) is 61.0 Å². The molecule has 5 nitrogen and oxygen atoms in total. The fourth-order valence-electron chi connectivity index (χ4n) is 3.46. The normalized spacial score (nSPS) is 17.4. The van der Waals surface area contributed by atoms with Gasteiger partial charge in [0.25, 0.3) is 0 Å². The molecule has 1 amide bonds. The molecule has 0 fully saturated rings. The van der Waals surface area contributed by atoms with Crippen LogP contribution in [-0.4, -0.2) is 36.5 Å². The van der Waals surface area contributed by atoms with E-state index < -0.39 is 0 Å². The van der Waals surface area contributed by atoms with Crippen molar-refractivity contribution in [3.8, 4) is 0 Å². The van der Waals surface area contributed by atoms with Crippen molar-refractivity contribution in [1.29, 1.82) is 0 Å². The van der Waals surface area contributed by atoms with Crippen LogP contribution in [-0.2, 0) is 4.79 Å². The fourth-order valence-corrected chi connectivity index (χ4v) is 3.46. The number of quaternary nitrogens is 1. The summed E-state index contributed by atoms with van der Waals surface area (Å²) >= 11 is 0. The van der Waals surface area contributed by atoms with Gasteiger partial charge in [0.1, 0.15) is 6.20 Å². The van der Waals surface area contributed by atoms with Crippen molar-refractivity contribution in [3.63, 3.8) is 0 Å². The number of nitrogens with zero attached hydrogens (tertiary/aromatic N) is 1. The summed E-state index contributed by atoms with van der Waals surface area (Å²) in [5, 5.41) is 11.7. The van der Waals surface area contributed by atoms with Crippen LogP contribution in [0.1, 0.15) is 78.6 Å². The molecule has 0 aliphatic carbocycles. The first-order valence-corrected chi connectivity index (χ1v) is 12.5. The predicted molar refractivity (Wildman–Crippen MR) is 140 cm³/mol. The Morgan fingerprint density at radius 2 is 1.70 bits per heavy atom. The molecule has 3 N–H and O–H groups in total. The van der Waals surface area contributed by atoms with E-state index in [0.717, 1.165) is 38.6 Å². The molecule has 0 saturated heterocycles. The molecule has 33 heavy (non-hydrogen) atoms. The largest absolute Gasteiger partial charge is 0.394 e. The highest BCUT2D eigenvalue weighted by Gasteiger charge is 2.13. The Hall–Kier alpha value is -2.24. The van der Waals surface area contributed by atoms with Gasteiger partial charge < -0.3 is 10.4 Å². The highest BCUT2D eigenvalue weighted by molar-refractivity contribution is 5.76. The minimum absolute atomic E-state index is 0.0115. The summed E-state index contributed by atoms with van der Waals surface area (Å²) in [6, 6.07) is -0.162. The van der Waals surface area contributed by atoms with Gasteiger partial charge >= 0.3 is 0 Å². The zero-order valence-corrected chi connectivity index (χ0v) is 21.0. The van der Waals surface area contributed by atoms with Crippen molar-refractivity contribution < 1.29 is 14.8 Å². The van der Waals surface area contributed by atoms with E-state index in [1.165, 1.54) is 24.2 Å². The van der Waals surface area contributed by atoms with Gasteiger partial charge in [-0.2, -0.15) is 0 Å². The standard InChI is InChI=1S/C28H45N3O2/c1-26(24-32)30-27(33)18-14-12-10-8-6-4-5-7-9-11-13-15-19-28(2,3)20-16-17-22-31-23-21-29-25-31/h4-5,8-11,15,19,21,23,25-26,32H,6-7,12-14,16-18,20,22,24H2,1-3H3,(H,30,33)/p+1/b5-4-,10-8-,11-9-,19-15-/t26-/m1/s1. The second kappa shape index (κ2) is 18.2. The first-order chi connectivity index (χ1) is 15.9. The molecule has 2 atom stereocenters. The number of aliphatic imine (C=N–C) groups is 1. The third kappa shape index (κ3) is 17.0. The van der Waals surface area contributed by atoms with Crippen LogP contribution in [0.4, 0.5) is 0 Å². The first-order valence-electron chi connectivity index (χ1n) is 12.5. The Morgan fingerprint density at radius 1 is 1.03 bits per heavy atom. The van der Waals surface area contributed by atoms with Gasteiger partial charge in [-0.25, -0.2) is 4.99 Å². The molecule has 0 aromatic carbocycles. The number of rotatable bonds is 18. The van der Waals surface area contributed by atoms with Crippen LogP contribution in [0.3, 0.4) is 0 Å². The molecule has 184 valence electrons. The molecule has 0 radical (unpaired) electrons. The Labute approximate surface area is 201 Å². The third-order valence-corrected chi connectivity index (χ3v) is 5.49. The Bertz CT molecular complexity index is 690. The second-order valence-corrected chi connectivity index (χ2v) is 9.43. The number of nitrogens with one attached hydrogen (secondary N) is 2. The van der Waals surface area contributed by atoms with Crippen LogP contribution in [0.5, 0.6) is 0 Å². The molecule has 1 aliphatic rings. The van der Waals surface area contributed by atoms with E-state index in [2.05, 4.69) is 79.0 Å². The molecule has 1 aliphatic heterocycles. The van der Waals surface area contributed by atoms with Gasteiger partial charge in [0.15, 0.2) is 6.34 Å². The van der Waals surface area contributed by atoms with Crippen molar-refractivity contribution in [2.75, 3.05) is 13.2 Å². The quantitative estimate of drug-likeness (QED) is 0.208. The minimum atomic E-state index is -0.162. The smallest absolute Gasteiger partial charge is 0.220 e. The Kier molecular flexibility index (Phi) is 15.9. The van der Waals surface area contributed by atoms with E-state index in [-0.39, 0.29) is 24.0 Å². The van der Waals surface area contributed by atoms with Crippen molar-refractivity contribution in [1.82, 2.24) is 5.32 Å². The molecule has 0 spiro atoms. The summed E-state index contributed by atoms with van der Waals surface area (Å²) in [5.74, 6) is 0.0115. The fraction of sp³-hybridized carbons (Fsp3) is 0.571. The molecule has 1 heterocycles. The van der Waals surface area contributed by atoms with Crippen LogP contribution in [0.2, 0.25) is 0 Å². The van der Waals surface area contributed by atoms with E-state index in [1.54, 1.807) is 6.92 Å². The van der Waals surface area contributed by atoms with Crippen LogP contribution in [0.25, 0.3) is 0 Å². The molecular weight excluding hydrogens is 410 g/mol. The molecular formula is C28H46N3O2+. The van der Waals surface area contributed by atoms with Gasteiger partial charge in [-0.1, -0.05) is 62.5 Å². The van der Waals surface area contributed by atoms with Crippen LogP contribution in [0.15, 0.2) is 66.0 Å². The number of aliphatic hydroxyl groups is 1. The summed E-state index contributed by atoms with van der Waals surface area (Å²) in [7, 11) is 0. The van der Waals surface area contributed by atoms with Gasteiger partial charge in [-0.15, -0.1) is 0 Å². The van der Waals surface area contributed by atoms with Gasteiger partial charge in [0.2, 0.25) is 5.91 Å². The van der Waals surface area contributed by atoms with Gasteiger partial charge in [-0.05, 0) is 63.7 Å². The second-order valence-electron chi connectivity index (χ2n) is 9.43. The zero-order chi connectivity index (χ0) is 24.2. The number of hydrogen-bond donors (Lipinski definition) is 3. The molecule has 0 saturated carbocycles. The number of aliphatic hydroxyl groups excluding tert-OH is 1. The topological polar surface area (TPSA) is 66.1 Å². The molecule has 5 heteroatoms. The summed E-state index contributed by atoms with van der Waals surface area (Å²) in [6.45, 7) is 7.55. The summed E-state index contributed by atoms with van der Waals surface area (Å²) < 4.78 is 0. The summed E-state index contributed by atoms with van der Waals surface area (Å²) in [4.78, 5) is 17.1. The minimum Gasteiger partial charge on any atom is -0.394 e. The first kappa shape index (κ1) is 28.8. The maximum absolute atomic E-state index is 11.6. The number of amides is 1. The lowest BCUT2D eigenvalue weighted by Gasteiger charge is -2.20. The molecule has 1 rings (SSSR count). The van der Waals surface area contributed by atoms with Gasteiger partial charge in [0, 0.05) is 12.5 Å². The van der Waals surface area contributed by atoms with Crippen LogP contribution < -0.4 is 10.2 Å². The average molecular weight is 457 g/mol. The summed E-state index contributed by atoms with van der Waals surface area (Å²) in [5.41, 5.74) is 0.256. The van der Waals surface area contributed by atoms with E-state index in [4.69, 9.17) is 5.11 Å². The number of carbonyl (C=O) groups is 1. The third-order valence-electron chi connectivity index (χ3n) is 5.49. The highest BCUT2D eigenvalue weighted by atomic mass is 16.3. The van der Waals surface area contributed by atoms with Crippen molar-refractivity contribution in [2.45, 2.75) is 84.6 Å². The lowest BCUT2D eigenvalue weighted by atomic mass is 9.86. The van der Waals surface area contributed by atoms with E-state index in [0.29, 0.717) is 6.42 Å². The van der Waals surface area contributed by atoms with Gasteiger partial charge in [0.05, 0.1) is 19.4 Å². The average Bonchev–Trinajstić information content (AvgIpc) is 3.30. The number of carbonyl (C=O) groups excluding carboxylic acids is 1. The zero-order valence-electron chi connectivity index (χ0n) is 21.0. The maximum atomic E-state index is 11.6. The predicted octanol–water partition coefficient (Wildman–Crippen LogP) is 4.64. The number of allylic oxidation sites excluding steroid dienone is 8. The van der Waals surface area contributed by atoms with Crippen LogP contribution >= 0.6 is 0 Å². The lowest BCUT2D eigenvalue weighted by molar-refractivity contribution is -0.736. The van der Waals surface area contributed by atoms with Gasteiger partial charge in [-0.3, -0.25) is 9.69 Å². The molecule has 1 unspecified atom stereocenters. The Balaban J connectivity index is 2.01. The lowest BCUT2D eigenvalue weighted by Crippen LogP contribution is -3.05. The Morgan fingerprint density at radius 3 is 2.33 bits per heavy atom.